The molecule has 3 heterocycles. The fourth-order valence-corrected chi connectivity index (χ4v) is 5.46. The zero-order valence-corrected chi connectivity index (χ0v) is 25.7. The maximum atomic E-state index is 13.0. The summed E-state index contributed by atoms with van der Waals surface area (Å²) in [7, 11) is 1.62. The number of benzene rings is 2. The minimum absolute atomic E-state index is 0.0346. The molecule has 5 rings (SSSR count). The summed E-state index contributed by atoms with van der Waals surface area (Å²) in [6.45, 7) is 5.53. The molecule has 2 unspecified atom stereocenters. The highest BCUT2D eigenvalue weighted by molar-refractivity contribution is 6.00. The van der Waals surface area contributed by atoms with Gasteiger partial charge in [-0.05, 0) is 51.0 Å². The molecule has 45 heavy (non-hydrogen) atoms. The van der Waals surface area contributed by atoms with Gasteiger partial charge in [0, 0.05) is 25.5 Å². The van der Waals surface area contributed by atoms with Crippen LogP contribution in [0, 0.1) is 11.8 Å². The van der Waals surface area contributed by atoms with Crippen molar-refractivity contribution >= 4 is 34.9 Å². The lowest BCUT2D eigenvalue weighted by Crippen LogP contribution is -2.44. The number of nitrogens with one attached hydrogen (secondary N) is 1. The van der Waals surface area contributed by atoms with E-state index in [0.717, 1.165) is 5.56 Å². The molecule has 2 aliphatic rings. The van der Waals surface area contributed by atoms with Crippen molar-refractivity contribution in [2.45, 2.75) is 70.4 Å². The lowest BCUT2D eigenvalue weighted by molar-refractivity contribution is -0.150. The smallest absolute Gasteiger partial charge is 0.411 e. The normalized spacial score (nSPS) is 20.0. The van der Waals surface area contributed by atoms with Crippen molar-refractivity contribution in [3.63, 3.8) is 0 Å². The van der Waals surface area contributed by atoms with Gasteiger partial charge in [-0.3, -0.25) is 28.9 Å². The Morgan fingerprint density at radius 3 is 2.51 bits per heavy atom. The number of likely N-dealkylation sites (tertiary alicyclic amines) is 1. The summed E-state index contributed by atoms with van der Waals surface area (Å²) in [4.78, 5) is 64.4. The molecule has 0 saturated carbocycles. The van der Waals surface area contributed by atoms with E-state index in [2.05, 4.69) is 17.2 Å². The van der Waals surface area contributed by atoms with E-state index in [4.69, 9.17) is 14.2 Å². The predicted molar refractivity (Wildman–Crippen MR) is 163 cm³/mol. The number of amides is 3. The average molecular weight is 617 g/mol. The van der Waals surface area contributed by atoms with Crippen LogP contribution in [-0.2, 0) is 42.2 Å². The van der Waals surface area contributed by atoms with E-state index in [1.807, 2.05) is 30.3 Å². The Hall–Kier alpha value is -4.89. The van der Waals surface area contributed by atoms with Gasteiger partial charge in [0.2, 0.25) is 11.8 Å². The Kier molecular flexibility index (Phi) is 9.11. The number of rotatable bonds is 6. The summed E-state index contributed by atoms with van der Waals surface area (Å²) in [5, 5.41) is 2.30. The van der Waals surface area contributed by atoms with E-state index >= 15 is 0 Å². The van der Waals surface area contributed by atoms with Crippen molar-refractivity contribution in [1.82, 2.24) is 19.4 Å². The predicted octanol–water partition coefficient (Wildman–Crippen LogP) is 2.81. The highest BCUT2D eigenvalue weighted by atomic mass is 16.6. The minimum Gasteiger partial charge on any atom is -0.459 e. The van der Waals surface area contributed by atoms with Crippen molar-refractivity contribution in [3.8, 4) is 11.8 Å². The van der Waals surface area contributed by atoms with Gasteiger partial charge < -0.3 is 14.2 Å². The molecule has 3 atom stereocenters. The first-order valence-corrected chi connectivity index (χ1v) is 14.8. The molecule has 0 spiro atoms. The second kappa shape index (κ2) is 13.0. The van der Waals surface area contributed by atoms with Crippen molar-refractivity contribution in [3.05, 3.63) is 70.1 Å². The van der Waals surface area contributed by atoms with Crippen molar-refractivity contribution in [2.24, 2.45) is 7.05 Å². The van der Waals surface area contributed by atoms with Crippen molar-refractivity contribution in [2.75, 3.05) is 13.2 Å². The van der Waals surface area contributed by atoms with Crippen molar-refractivity contribution in [1.29, 1.82) is 0 Å². The second-order valence-corrected chi connectivity index (χ2v) is 12.1. The molecule has 1 aromatic heterocycles. The van der Waals surface area contributed by atoms with Gasteiger partial charge in [-0.1, -0.05) is 42.2 Å². The Morgan fingerprint density at radius 2 is 1.80 bits per heavy atom. The number of imidazole rings is 1. The first kappa shape index (κ1) is 31.5. The van der Waals surface area contributed by atoms with Gasteiger partial charge >= 0.3 is 17.8 Å². The number of esters is 1. The maximum Gasteiger partial charge on any atom is 0.411 e. The van der Waals surface area contributed by atoms with Gasteiger partial charge in [-0.15, -0.1) is 0 Å². The Bertz CT molecular complexity index is 1740. The van der Waals surface area contributed by atoms with Gasteiger partial charge in [0.15, 0.2) is 0 Å². The number of carbonyl (C=O) groups excluding carboxylic acids is 4. The monoisotopic (exact) mass is 616 g/mol. The van der Waals surface area contributed by atoms with E-state index in [1.165, 1.54) is 14.0 Å². The molecule has 0 radical (unpaired) electrons. The summed E-state index contributed by atoms with van der Waals surface area (Å²) in [6.07, 6.45) is -0.442. The van der Waals surface area contributed by atoms with Gasteiger partial charge in [-0.2, -0.15) is 0 Å². The zero-order chi connectivity index (χ0) is 32.3. The van der Waals surface area contributed by atoms with E-state index in [0.29, 0.717) is 16.6 Å². The van der Waals surface area contributed by atoms with Crippen LogP contribution in [0.25, 0.3) is 11.0 Å². The van der Waals surface area contributed by atoms with Crippen LogP contribution < -0.4 is 11.0 Å². The molecule has 236 valence electrons. The van der Waals surface area contributed by atoms with Crippen LogP contribution in [0.5, 0.6) is 0 Å². The highest BCUT2D eigenvalue weighted by Crippen LogP contribution is 2.26. The Balaban J connectivity index is 1.25. The number of nitrogens with zero attached hydrogens (tertiary/aromatic N) is 3. The van der Waals surface area contributed by atoms with Crippen LogP contribution >= 0.6 is 0 Å². The molecule has 0 aliphatic carbocycles. The fourth-order valence-electron chi connectivity index (χ4n) is 5.46. The lowest BCUT2D eigenvalue weighted by atomic mass is 10.1. The standard InChI is InChI=1S/C33H36N4O8/c1-33(2,3)45-32(42)36-19-23(18-27(36)30(40)44-20-22-9-6-5-7-10-22)43-16-8-11-21-12-13-24-26(17-21)35(4)31(41)37(24)25-14-15-28(38)34-29(25)39/h5-7,9-10,12-13,17,23,25,27H,14-16,18-20H2,1-4H3,(H,34,38,39)/t23?,25?,27-/m0/s1. The number of aryl methyl sites for hydroxylation is 1. The summed E-state index contributed by atoms with van der Waals surface area (Å²) >= 11 is 0. The zero-order valence-electron chi connectivity index (χ0n) is 25.7. The Morgan fingerprint density at radius 1 is 1.04 bits per heavy atom. The molecule has 0 bridgehead atoms. The molecule has 12 nitrogen and oxygen atoms in total. The summed E-state index contributed by atoms with van der Waals surface area (Å²) in [5.74, 6) is 4.61. The highest BCUT2D eigenvalue weighted by Gasteiger charge is 2.43. The number of fused-ring (bicyclic) bond motifs is 1. The van der Waals surface area contributed by atoms with Gasteiger partial charge in [0.25, 0.3) is 0 Å². The molecular formula is C33H36N4O8. The number of aromatic nitrogens is 2. The van der Waals surface area contributed by atoms with Crippen LogP contribution in [0.2, 0.25) is 0 Å². The molecule has 2 fully saturated rings. The number of hydrogen-bond acceptors (Lipinski definition) is 8. The first-order chi connectivity index (χ1) is 21.4. The molecule has 3 aromatic rings. The summed E-state index contributed by atoms with van der Waals surface area (Å²) in [5.41, 5.74) is 1.52. The lowest BCUT2D eigenvalue weighted by Gasteiger charge is -2.27. The average Bonchev–Trinajstić information content (AvgIpc) is 3.53. The summed E-state index contributed by atoms with van der Waals surface area (Å²) in [6, 6.07) is 12.9. The maximum absolute atomic E-state index is 13.0. The molecule has 2 aliphatic heterocycles. The minimum atomic E-state index is -0.862. The first-order valence-electron chi connectivity index (χ1n) is 14.8. The third-order valence-corrected chi connectivity index (χ3v) is 7.62. The van der Waals surface area contributed by atoms with E-state index in [9.17, 15) is 24.0 Å². The third-order valence-electron chi connectivity index (χ3n) is 7.62. The molecule has 3 amide bonds. The van der Waals surface area contributed by atoms with Gasteiger partial charge in [-0.25, -0.2) is 14.4 Å². The van der Waals surface area contributed by atoms with Crippen LogP contribution in [0.1, 0.15) is 57.2 Å². The largest absolute Gasteiger partial charge is 0.459 e. The van der Waals surface area contributed by atoms with Crippen LogP contribution in [0.15, 0.2) is 53.3 Å². The van der Waals surface area contributed by atoms with Crippen LogP contribution in [0.3, 0.4) is 0 Å². The fraction of sp³-hybridized carbons (Fsp3) is 0.424. The SMILES string of the molecule is Cn1c(=O)n(C2CCC(=O)NC2=O)c2ccc(C#CCOC3C[C@@H](C(=O)OCc4ccccc4)N(C(=O)OC(C)(C)C)C3)cc21. The number of imide groups is 1. The number of hydrogen-bond donors (Lipinski definition) is 1. The van der Waals surface area contributed by atoms with Crippen LogP contribution in [-0.4, -0.2) is 68.8 Å². The number of ether oxygens (including phenoxy) is 3. The van der Waals surface area contributed by atoms with E-state index < -0.39 is 41.8 Å². The van der Waals surface area contributed by atoms with E-state index in [1.54, 1.807) is 46.0 Å². The molecule has 2 aromatic carbocycles. The van der Waals surface area contributed by atoms with Crippen molar-refractivity contribution < 1.29 is 33.4 Å². The quantitative estimate of drug-likeness (QED) is 0.254. The van der Waals surface area contributed by atoms with Gasteiger partial charge in [0.05, 0.1) is 23.7 Å². The Labute approximate surface area is 260 Å². The molecule has 1 N–H and O–H groups in total. The molecule has 2 saturated heterocycles. The van der Waals surface area contributed by atoms with E-state index in [-0.39, 0.29) is 50.6 Å². The second-order valence-electron chi connectivity index (χ2n) is 12.1. The van der Waals surface area contributed by atoms with Crippen LogP contribution in [0.4, 0.5) is 4.79 Å². The summed E-state index contributed by atoms with van der Waals surface area (Å²) < 4.78 is 19.9. The third kappa shape index (κ3) is 7.26. The number of carbonyl (C=O) groups is 4. The van der Waals surface area contributed by atoms with Gasteiger partial charge in [0.1, 0.15) is 30.9 Å². The number of piperidine rings is 1. The topological polar surface area (TPSA) is 138 Å². The molecular weight excluding hydrogens is 580 g/mol. The molecule has 12 heteroatoms.